The van der Waals surface area contributed by atoms with Crippen molar-refractivity contribution < 1.29 is 13.7 Å². The Morgan fingerprint density at radius 1 is 1.25 bits per heavy atom. The van der Waals surface area contributed by atoms with Gasteiger partial charge in [-0.15, -0.1) is 0 Å². The molecule has 0 aromatic carbocycles. The number of nitrogens with zero attached hydrogens (tertiary/aromatic N) is 1. The zero-order valence-corrected chi connectivity index (χ0v) is 12.5. The summed E-state index contributed by atoms with van der Waals surface area (Å²) < 4.78 is 25.2. The van der Waals surface area contributed by atoms with Crippen molar-refractivity contribution in [2.45, 2.75) is 38.9 Å². The van der Waals surface area contributed by atoms with Gasteiger partial charge in [-0.05, 0) is 39.3 Å². The molecule has 0 saturated carbocycles. The molecule has 1 aliphatic rings. The first kappa shape index (κ1) is 15.0. The van der Waals surface area contributed by atoms with Gasteiger partial charge < -0.3 is 14.6 Å². The molecule has 108 valence electrons. The number of hydrogen-bond donors (Lipinski definition) is 1. The van der Waals surface area contributed by atoms with E-state index in [1.807, 2.05) is 27.7 Å². The molecule has 1 fully saturated rings. The third-order valence-electron chi connectivity index (χ3n) is 3.82. The van der Waals surface area contributed by atoms with Crippen LogP contribution in [0, 0.1) is 5.82 Å². The molecule has 1 aromatic heterocycles. The summed E-state index contributed by atoms with van der Waals surface area (Å²) in [6.45, 7) is 7.96. The van der Waals surface area contributed by atoms with Gasteiger partial charge >= 0.3 is 7.12 Å². The van der Waals surface area contributed by atoms with Crippen molar-refractivity contribution in [3.8, 4) is 0 Å². The Bertz CT molecular complexity index is 516. The zero-order valence-electron chi connectivity index (χ0n) is 12.5. The van der Waals surface area contributed by atoms with Crippen molar-refractivity contribution in [2.24, 2.45) is 0 Å². The number of aromatic nitrogens is 1. The van der Waals surface area contributed by atoms with E-state index in [4.69, 9.17) is 9.31 Å². The monoisotopic (exact) mass is 278 g/mol. The van der Waals surface area contributed by atoms with Crippen LogP contribution in [0.3, 0.4) is 0 Å². The molecule has 0 aliphatic carbocycles. The van der Waals surface area contributed by atoms with E-state index in [-0.39, 0.29) is 22.8 Å². The Kier molecular flexibility index (Phi) is 3.89. The zero-order chi connectivity index (χ0) is 15.0. The smallest absolute Gasteiger partial charge is 0.400 e. The lowest BCUT2D eigenvalue weighted by atomic mass is 9.89. The summed E-state index contributed by atoms with van der Waals surface area (Å²) in [7, 11) is 1.19. The minimum atomic E-state index is -0.438. The number of rotatable bonds is 3. The Morgan fingerprint density at radius 3 is 2.35 bits per heavy atom. The van der Waals surface area contributed by atoms with Crippen LogP contribution in [0.1, 0.15) is 33.3 Å². The van der Waals surface area contributed by atoms with Crippen LogP contribution in [-0.4, -0.2) is 30.4 Å². The summed E-state index contributed by atoms with van der Waals surface area (Å²) in [6.07, 6.45) is 3.34. The second kappa shape index (κ2) is 5.18. The minimum Gasteiger partial charge on any atom is -0.400 e. The average Bonchev–Trinajstić information content (AvgIpc) is 2.55. The number of anilines is 1. The maximum Gasteiger partial charge on any atom is 0.487 e. The predicted molar refractivity (Wildman–Crippen MR) is 78.9 cm³/mol. The Morgan fingerprint density at radius 2 is 1.85 bits per heavy atom. The maximum atomic E-state index is 13.6. The highest BCUT2D eigenvalue weighted by Gasteiger charge is 2.49. The molecule has 2 heterocycles. The average molecular weight is 278 g/mol. The van der Waals surface area contributed by atoms with E-state index in [2.05, 4.69) is 10.3 Å². The summed E-state index contributed by atoms with van der Waals surface area (Å²) in [4.78, 5) is 3.98. The van der Waals surface area contributed by atoms with Gasteiger partial charge in [-0.3, -0.25) is 0 Å². The molecular weight excluding hydrogens is 258 g/mol. The van der Waals surface area contributed by atoms with Crippen LogP contribution in [0.2, 0.25) is 0 Å². The number of halogens is 1. The SMILES string of the molecule is CNc1ncc(/C=C/B2OC(C)(C)C(C)(C)O2)cc1F. The van der Waals surface area contributed by atoms with Gasteiger partial charge in [-0.1, -0.05) is 12.1 Å². The van der Waals surface area contributed by atoms with Crippen LogP contribution in [0.25, 0.3) is 6.08 Å². The van der Waals surface area contributed by atoms with E-state index >= 15 is 0 Å². The van der Waals surface area contributed by atoms with E-state index < -0.39 is 7.12 Å². The van der Waals surface area contributed by atoms with Crippen molar-refractivity contribution >= 4 is 19.0 Å². The van der Waals surface area contributed by atoms with Crippen LogP contribution in [0.5, 0.6) is 0 Å². The fourth-order valence-corrected chi connectivity index (χ4v) is 1.88. The van der Waals surface area contributed by atoms with Gasteiger partial charge in [0.1, 0.15) is 0 Å². The standard InChI is InChI=1S/C14H20BFN2O2/c1-13(2)14(3,4)20-15(19-13)7-6-10-8-11(16)12(17-5)18-9-10/h6-9H,1-5H3,(H,17,18)/b7-6+. The topological polar surface area (TPSA) is 43.4 Å². The fourth-order valence-electron chi connectivity index (χ4n) is 1.88. The second-order valence-corrected chi connectivity index (χ2v) is 5.83. The first-order valence-electron chi connectivity index (χ1n) is 6.62. The van der Waals surface area contributed by atoms with E-state index in [0.29, 0.717) is 5.56 Å². The highest BCUT2D eigenvalue weighted by molar-refractivity contribution is 6.52. The normalized spacial score (nSPS) is 20.6. The Labute approximate surface area is 119 Å². The highest BCUT2D eigenvalue weighted by atomic mass is 19.1. The van der Waals surface area contributed by atoms with Crippen LogP contribution in [-0.2, 0) is 9.31 Å². The molecule has 0 bridgehead atoms. The van der Waals surface area contributed by atoms with E-state index in [9.17, 15) is 4.39 Å². The molecule has 1 N–H and O–H groups in total. The van der Waals surface area contributed by atoms with Crippen molar-refractivity contribution in [2.75, 3.05) is 12.4 Å². The summed E-state index contributed by atoms with van der Waals surface area (Å²) in [5, 5.41) is 2.68. The Balaban J connectivity index is 2.10. The maximum absolute atomic E-state index is 13.6. The predicted octanol–water partition coefficient (Wildman–Crippen LogP) is 2.91. The Hall–Kier alpha value is -1.40. The molecule has 2 rings (SSSR count). The van der Waals surface area contributed by atoms with Crippen molar-refractivity contribution in [1.29, 1.82) is 0 Å². The first-order chi connectivity index (χ1) is 9.25. The lowest BCUT2D eigenvalue weighted by Crippen LogP contribution is -2.41. The third kappa shape index (κ3) is 2.86. The summed E-state index contributed by atoms with van der Waals surface area (Å²) >= 11 is 0. The summed E-state index contributed by atoms with van der Waals surface area (Å²) in [6, 6.07) is 1.42. The molecule has 0 amide bonds. The van der Waals surface area contributed by atoms with Gasteiger partial charge in [0.05, 0.1) is 11.2 Å². The van der Waals surface area contributed by atoms with Crippen molar-refractivity contribution in [1.82, 2.24) is 4.98 Å². The van der Waals surface area contributed by atoms with E-state index in [1.165, 1.54) is 6.07 Å². The van der Waals surface area contributed by atoms with Crippen molar-refractivity contribution in [3.05, 3.63) is 29.6 Å². The van der Waals surface area contributed by atoms with Gasteiger partial charge in [0.2, 0.25) is 0 Å². The molecule has 0 radical (unpaired) electrons. The summed E-state index contributed by atoms with van der Waals surface area (Å²) in [5.41, 5.74) is -0.0839. The molecule has 0 atom stereocenters. The van der Waals surface area contributed by atoms with E-state index in [0.717, 1.165) is 0 Å². The van der Waals surface area contributed by atoms with Gasteiger partial charge in [0.25, 0.3) is 0 Å². The molecule has 1 aliphatic heterocycles. The van der Waals surface area contributed by atoms with E-state index in [1.54, 1.807) is 25.3 Å². The number of nitrogens with one attached hydrogen (secondary N) is 1. The fraction of sp³-hybridized carbons (Fsp3) is 0.500. The first-order valence-corrected chi connectivity index (χ1v) is 6.62. The molecule has 1 aromatic rings. The largest absolute Gasteiger partial charge is 0.487 e. The molecule has 0 unspecified atom stereocenters. The lowest BCUT2D eigenvalue weighted by Gasteiger charge is -2.32. The molecule has 0 spiro atoms. The quantitative estimate of drug-likeness (QED) is 0.863. The molecule has 20 heavy (non-hydrogen) atoms. The molecule has 1 saturated heterocycles. The van der Waals surface area contributed by atoms with Crippen molar-refractivity contribution in [3.63, 3.8) is 0 Å². The molecule has 6 heteroatoms. The number of pyridine rings is 1. The van der Waals surface area contributed by atoms with Gasteiger partial charge in [0.15, 0.2) is 11.6 Å². The van der Waals surface area contributed by atoms with Crippen LogP contribution in [0.15, 0.2) is 18.2 Å². The van der Waals surface area contributed by atoms with Gasteiger partial charge in [-0.2, -0.15) is 0 Å². The minimum absolute atomic E-state index is 0.234. The van der Waals surface area contributed by atoms with Gasteiger partial charge in [-0.25, -0.2) is 9.37 Å². The third-order valence-corrected chi connectivity index (χ3v) is 3.82. The number of hydrogen-bond acceptors (Lipinski definition) is 4. The second-order valence-electron chi connectivity index (χ2n) is 5.83. The van der Waals surface area contributed by atoms with Crippen LogP contribution in [0.4, 0.5) is 10.2 Å². The lowest BCUT2D eigenvalue weighted by molar-refractivity contribution is 0.00578. The van der Waals surface area contributed by atoms with Gasteiger partial charge in [0, 0.05) is 13.2 Å². The van der Waals surface area contributed by atoms with Crippen LogP contribution >= 0.6 is 0 Å². The summed E-state index contributed by atoms with van der Waals surface area (Å²) in [5.74, 6) is 1.62. The molecule has 4 nitrogen and oxygen atoms in total. The molecular formula is C14H20BFN2O2. The highest BCUT2D eigenvalue weighted by Crippen LogP contribution is 2.37. The van der Waals surface area contributed by atoms with Crippen LogP contribution < -0.4 is 5.32 Å².